The summed E-state index contributed by atoms with van der Waals surface area (Å²) in [5.74, 6) is 1.21. The molecule has 1 aliphatic rings. The van der Waals surface area contributed by atoms with Crippen LogP contribution in [0.3, 0.4) is 0 Å². The van der Waals surface area contributed by atoms with Gasteiger partial charge in [0.2, 0.25) is 0 Å². The number of imidazole rings is 1. The zero-order chi connectivity index (χ0) is 10.7. The standard InChI is InChI=1S/C11H16N4/c1-15-6-5-13-11(15)8-14-10-4-2-3-9(10)7-12/h5-6,9-10,14H,2-4,8H2,1H3. The Labute approximate surface area is 89.9 Å². The van der Waals surface area contributed by atoms with Gasteiger partial charge < -0.3 is 9.88 Å². The molecule has 1 fully saturated rings. The first-order valence-corrected chi connectivity index (χ1v) is 5.40. The van der Waals surface area contributed by atoms with E-state index in [0.717, 1.165) is 31.6 Å². The largest absolute Gasteiger partial charge is 0.337 e. The minimum atomic E-state index is 0.185. The molecule has 1 heterocycles. The van der Waals surface area contributed by atoms with Gasteiger partial charge in [-0.15, -0.1) is 0 Å². The lowest BCUT2D eigenvalue weighted by atomic mass is 10.1. The van der Waals surface area contributed by atoms with Gasteiger partial charge in [0.25, 0.3) is 0 Å². The van der Waals surface area contributed by atoms with Crippen LogP contribution in [-0.2, 0) is 13.6 Å². The average molecular weight is 204 g/mol. The van der Waals surface area contributed by atoms with Gasteiger partial charge in [-0.3, -0.25) is 0 Å². The zero-order valence-corrected chi connectivity index (χ0v) is 8.98. The minimum Gasteiger partial charge on any atom is -0.337 e. The number of hydrogen-bond donors (Lipinski definition) is 1. The van der Waals surface area contributed by atoms with Crippen molar-refractivity contribution in [1.82, 2.24) is 14.9 Å². The van der Waals surface area contributed by atoms with Crippen molar-refractivity contribution in [1.29, 1.82) is 5.26 Å². The van der Waals surface area contributed by atoms with Crippen LogP contribution in [-0.4, -0.2) is 15.6 Å². The Morgan fingerprint density at radius 2 is 2.53 bits per heavy atom. The lowest BCUT2D eigenvalue weighted by Gasteiger charge is -2.15. The van der Waals surface area contributed by atoms with Gasteiger partial charge >= 0.3 is 0 Å². The molecule has 2 rings (SSSR count). The number of rotatable bonds is 3. The Morgan fingerprint density at radius 3 is 3.20 bits per heavy atom. The monoisotopic (exact) mass is 204 g/mol. The smallest absolute Gasteiger partial charge is 0.122 e. The second kappa shape index (κ2) is 4.45. The van der Waals surface area contributed by atoms with Crippen LogP contribution >= 0.6 is 0 Å². The van der Waals surface area contributed by atoms with Gasteiger partial charge in [0.1, 0.15) is 5.82 Å². The van der Waals surface area contributed by atoms with Crippen LogP contribution in [0.2, 0.25) is 0 Å². The third kappa shape index (κ3) is 2.18. The van der Waals surface area contributed by atoms with E-state index in [9.17, 15) is 0 Å². The fourth-order valence-electron chi connectivity index (χ4n) is 2.15. The van der Waals surface area contributed by atoms with Gasteiger partial charge in [0.05, 0.1) is 18.5 Å². The maximum atomic E-state index is 8.94. The summed E-state index contributed by atoms with van der Waals surface area (Å²) in [6.45, 7) is 0.756. The third-order valence-electron chi connectivity index (χ3n) is 3.13. The van der Waals surface area contributed by atoms with Crippen molar-refractivity contribution < 1.29 is 0 Å². The highest BCUT2D eigenvalue weighted by molar-refractivity contribution is 4.98. The fraction of sp³-hybridized carbons (Fsp3) is 0.636. The molecule has 80 valence electrons. The second-order valence-corrected chi connectivity index (χ2v) is 4.11. The van der Waals surface area contributed by atoms with E-state index in [1.807, 2.05) is 17.8 Å². The van der Waals surface area contributed by atoms with Crippen LogP contribution in [0.25, 0.3) is 0 Å². The summed E-state index contributed by atoms with van der Waals surface area (Å²) in [6.07, 6.45) is 7.05. The number of nitrogens with zero attached hydrogens (tertiary/aromatic N) is 3. The summed E-state index contributed by atoms with van der Waals surface area (Å²) in [7, 11) is 1.99. The molecule has 4 nitrogen and oxygen atoms in total. The van der Waals surface area contributed by atoms with Crippen molar-refractivity contribution in [3.63, 3.8) is 0 Å². The SMILES string of the molecule is Cn1ccnc1CNC1CCCC1C#N. The molecule has 0 bridgehead atoms. The first kappa shape index (κ1) is 10.2. The molecule has 1 N–H and O–H groups in total. The fourth-order valence-corrected chi connectivity index (χ4v) is 2.15. The highest BCUT2D eigenvalue weighted by Crippen LogP contribution is 2.24. The van der Waals surface area contributed by atoms with Crippen LogP contribution in [0.15, 0.2) is 12.4 Å². The Balaban J connectivity index is 1.89. The predicted octanol–water partition coefficient (Wildman–Crippen LogP) is 1.20. The normalized spacial score (nSPS) is 25.3. The minimum absolute atomic E-state index is 0.185. The highest BCUT2D eigenvalue weighted by atomic mass is 15.1. The Hall–Kier alpha value is -1.34. The van der Waals surface area contributed by atoms with Crippen LogP contribution < -0.4 is 5.32 Å². The van der Waals surface area contributed by atoms with Gasteiger partial charge in [-0.05, 0) is 12.8 Å². The van der Waals surface area contributed by atoms with E-state index in [-0.39, 0.29) is 5.92 Å². The molecule has 0 aromatic carbocycles. The quantitative estimate of drug-likeness (QED) is 0.805. The summed E-state index contributed by atoms with van der Waals surface area (Å²) in [6, 6.07) is 2.72. The van der Waals surface area contributed by atoms with E-state index in [1.54, 1.807) is 6.20 Å². The molecule has 2 unspecified atom stereocenters. The van der Waals surface area contributed by atoms with Gasteiger partial charge in [-0.25, -0.2) is 4.98 Å². The first-order chi connectivity index (χ1) is 7.31. The Kier molecular flexibility index (Phi) is 3.02. The van der Waals surface area contributed by atoms with E-state index >= 15 is 0 Å². The molecule has 0 spiro atoms. The number of nitrogens with one attached hydrogen (secondary N) is 1. The van der Waals surface area contributed by atoms with Crippen LogP contribution in [0.4, 0.5) is 0 Å². The van der Waals surface area contributed by atoms with E-state index in [2.05, 4.69) is 16.4 Å². The van der Waals surface area contributed by atoms with Crippen molar-refractivity contribution in [3.8, 4) is 6.07 Å². The second-order valence-electron chi connectivity index (χ2n) is 4.11. The first-order valence-electron chi connectivity index (χ1n) is 5.40. The number of aryl methyl sites for hydroxylation is 1. The lowest BCUT2D eigenvalue weighted by Crippen LogP contribution is -2.32. The van der Waals surface area contributed by atoms with E-state index in [0.29, 0.717) is 6.04 Å². The summed E-state index contributed by atoms with van der Waals surface area (Å²) in [4.78, 5) is 4.25. The molecule has 0 aliphatic heterocycles. The maximum Gasteiger partial charge on any atom is 0.122 e. The van der Waals surface area contributed by atoms with Gasteiger partial charge in [-0.2, -0.15) is 5.26 Å². The topological polar surface area (TPSA) is 53.6 Å². The van der Waals surface area contributed by atoms with Crippen LogP contribution in [0, 0.1) is 17.2 Å². The summed E-state index contributed by atoms with van der Waals surface area (Å²) >= 11 is 0. The van der Waals surface area contributed by atoms with Crippen LogP contribution in [0.1, 0.15) is 25.1 Å². The number of aromatic nitrogens is 2. The molecule has 2 atom stereocenters. The summed E-state index contributed by atoms with van der Waals surface area (Å²) in [5, 5.41) is 12.4. The Morgan fingerprint density at radius 1 is 1.67 bits per heavy atom. The molecule has 4 heteroatoms. The summed E-state index contributed by atoms with van der Waals surface area (Å²) in [5.41, 5.74) is 0. The highest BCUT2D eigenvalue weighted by Gasteiger charge is 2.26. The van der Waals surface area contributed by atoms with Crippen molar-refractivity contribution in [2.24, 2.45) is 13.0 Å². The van der Waals surface area contributed by atoms with Crippen molar-refractivity contribution >= 4 is 0 Å². The van der Waals surface area contributed by atoms with E-state index in [4.69, 9.17) is 5.26 Å². The maximum absolute atomic E-state index is 8.94. The van der Waals surface area contributed by atoms with Crippen molar-refractivity contribution in [3.05, 3.63) is 18.2 Å². The zero-order valence-electron chi connectivity index (χ0n) is 8.98. The molecule has 1 aromatic rings. The molecule has 1 saturated carbocycles. The molecule has 15 heavy (non-hydrogen) atoms. The number of hydrogen-bond acceptors (Lipinski definition) is 3. The molecule has 0 saturated heterocycles. The lowest BCUT2D eigenvalue weighted by molar-refractivity contribution is 0.454. The van der Waals surface area contributed by atoms with Gasteiger partial charge in [0, 0.05) is 25.5 Å². The molecule has 0 radical (unpaired) electrons. The van der Waals surface area contributed by atoms with Crippen molar-refractivity contribution in [2.75, 3.05) is 0 Å². The van der Waals surface area contributed by atoms with Gasteiger partial charge in [-0.1, -0.05) is 6.42 Å². The Bertz CT molecular complexity index is 363. The average Bonchev–Trinajstić information content (AvgIpc) is 2.83. The van der Waals surface area contributed by atoms with Crippen molar-refractivity contribution in [2.45, 2.75) is 31.8 Å². The predicted molar refractivity (Wildman–Crippen MR) is 56.8 cm³/mol. The van der Waals surface area contributed by atoms with Crippen LogP contribution in [0.5, 0.6) is 0 Å². The van der Waals surface area contributed by atoms with Gasteiger partial charge in [0.15, 0.2) is 0 Å². The third-order valence-corrected chi connectivity index (χ3v) is 3.13. The van der Waals surface area contributed by atoms with E-state index < -0.39 is 0 Å². The molecular weight excluding hydrogens is 188 g/mol. The molecular formula is C11H16N4. The molecule has 1 aromatic heterocycles. The molecule has 1 aliphatic carbocycles. The molecule has 0 amide bonds. The summed E-state index contributed by atoms with van der Waals surface area (Å²) < 4.78 is 2.00. The number of nitriles is 1. The van der Waals surface area contributed by atoms with E-state index in [1.165, 1.54) is 0 Å².